The van der Waals surface area contributed by atoms with Gasteiger partial charge in [0.2, 0.25) is 0 Å². The molecule has 312 valence electrons. The zero-order chi connectivity index (χ0) is 41.2. The number of piperazine rings is 1. The molecule has 60 heavy (non-hydrogen) atoms. The molecule has 2 aliphatic heterocycles. The van der Waals surface area contributed by atoms with Crippen molar-refractivity contribution < 1.29 is 28.1 Å². The van der Waals surface area contributed by atoms with Crippen molar-refractivity contribution in [2.24, 2.45) is 5.41 Å². The van der Waals surface area contributed by atoms with Gasteiger partial charge in [-0.25, -0.2) is 14.2 Å². The summed E-state index contributed by atoms with van der Waals surface area (Å²) in [5.74, 6) is -0.224. The van der Waals surface area contributed by atoms with Crippen LogP contribution in [0.15, 0.2) is 89.7 Å². The minimum absolute atomic E-state index is 0.0606. The number of anilines is 1. The molecule has 1 amide bonds. The van der Waals surface area contributed by atoms with Gasteiger partial charge in [-0.3, -0.25) is 24.5 Å². The fourth-order valence-corrected chi connectivity index (χ4v) is 9.79. The highest BCUT2D eigenvalue weighted by Crippen LogP contribution is 2.55. The molecule has 1 saturated carbocycles. The average molecular weight is 852 g/mol. The number of H-pyrrole nitrogens is 1. The Kier molecular flexibility index (Phi) is 11.7. The molecule has 1 unspecified atom stereocenters. The molecule has 3 fully saturated rings. The Hall–Kier alpha value is -5.19. The lowest BCUT2D eigenvalue weighted by molar-refractivity contribution is -0.385. The van der Waals surface area contributed by atoms with E-state index < -0.39 is 21.8 Å². The third-order valence-electron chi connectivity index (χ3n) is 12.3. The number of nitrogens with one attached hydrogen (secondary N) is 2. The van der Waals surface area contributed by atoms with Gasteiger partial charge in [0.05, 0.1) is 53.8 Å². The van der Waals surface area contributed by atoms with Gasteiger partial charge < -0.3 is 24.1 Å². The van der Waals surface area contributed by atoms with Crippen LogP contribution in [0.2, 0.25) is 5.02 Å². The number of benzene rings is 2. The number of carbonyl (C=O) groups is 1. The van der Waals surface area contributed by atoms with Gasteiger partial charge in [-0.15, -0.1) is 0 Å². The lowest BCUT2D eigenvalue weighted by Gasteiger charge is -2.47. The first kappa shape index (κ1) is 40.2. The van der Waals surface area contributed by atoms with Crippen molar-refractivity contribution in [1.82, 2.24) is 24.6 Å². The van der Waals surface area contributed by atoms with Crippen molar-refractivity contribution in [3.8, 4) is 11.5 Å². The van der Waals surface area contributed by atoms with Crippen molar-refractivity contribution in [3.05, 3.63) is 117 Å². The summed E-state index contributed by atoms with van der Waals surface area (Å²) in [5.41, 5.74) is 6.32. The third-order valence-corrected chi connectivity index (χ3v) is 13.6. The van der Waals surface area contributed by atoms with E-state index >= 15 is 0 Å². The summed E-state index contributed by atoms with van der Waals surface area (Å²) in [6, 6.07) is 18.0. The van der Waals surface area contributed by atoms with Gasteiger partial charge in [0.15, 0.2) is 22.4 Å². The van der Waals surface area contributed by atoms with E-state index in [1.54, 1.807) is 30.7 Å². The number of rotatable bonds is 12. The van der Waals surface area contributed by atoms with Gasteiger partial charge in [-0.05, 0) is 79.0 Å². The molecule has 2 atom stereocenters. The van der Waals surface area contributed by atoms with Crippen LogP contribution in [0.4, 0.5) is 11.4 Å². The van der Waals surface area contributed by atoms with Crippen LogP contribution in [-0.2, 0) is 26.9 Å². The molecule has 1 spiro atoms. The number of nitrogens with zero attached hydrogens (tertiary/aromatic N) is 5. The third kappa shape index (κ3) is 8.82. The molecule has 5 heterocycles. The first-order chi connectivity index (χ1) is 29.2. The number of aromatic nitrogens is 3. The smallest absolute Gasteiger partial charge is 0.285 e. The minimum Gasteiger partial charge on any atom is -0.453 e. The van der Waals surface area contributed by atoms with Crippen LogP contribution in [-0.4, -0.2) is 93.5 Å². The van der Waals surface area contributed by atoms with Crippen LogP contribution in [0.1, 0.15) is 60.1 Å². The maximum absolute atomic E-state index is 13.8. The number of nitro groups is 1. The number of hydrogen-bond acceptors (Lipinski definition) is 11. The molecule has 4 aliphatic rings. The van der Waals surface area contributed by atoms with Crippen LogP contribution in [0.5, 0.6) is 11.5 Å². The summed E-state index contributed by atoms with van der Waals surface area (Å²) in [4.78, 5) is 42.2. The maximum Gasteiger partial charge on any atom is 0.285 e. The standard InChI is InChI=1S/C44H46ClN7O7S/c45-33-5-2-29(3-6-33)38-24-44(10-1-11-44)12-8-32(38)27-50-14-16-51(17-15-50)34-22-40(59-35-21-31-9-13-46-42(31)48-26-35)41(47-25-34)43(53)49-60(56)37-7-4-30(39(23-37)52(54)55)20-36-28-57-18-19-58-36/h2-7,9,13,21-23,25-26,36H,1,8,10-12,14-20,24,27-28H2,(H,46,48)(H,49,53)/t36-,60?/m0/s1. The average Bonchev–Trinajstić information content (AvgIpc) is 3.72. The van der Waals surface area contributed by atoms with E-state index in [4.69, 9.17) is 25.8 Å². The molecular formula is C44H46ClN7O7S. The number of aromatic amines is 1. The Labute approximate surface area is 355 Å². The van der Waals surface area contributed by atoms with Crippen molar-refractivity contribution >= 4 is 56.5 Å². The van der Waals surface area contributed by atoms with Crippen molar-refractivity contribution in [3.63, 3.8) is 0 Å². The molecule has 14 nitrogen and oxygen atoms in total. The Morgan fingerprint density at radius 2 is 1.87 bits per heavy atom. The van der Waals surface area contributed by atoms with Gasteiger partial charge >= 0.3 is 0 Å². The van der Waals surface area contributed by atoms with Crippen LogP contribution in [0.3, 0.4) is 0 Å². The highest BCUT2D eigenvalue weighted by atomic mass is 35.5. The van der Waals surface area contributed by atoms with Crippen LogP contribution >= 0.6 is 11.6 Å². The molecular weight excluding hydrogens is 806 g/mol. The van der Waals surface area contributed by atoms with Gasteiger partial charge in [0, 0.05) is 73.4 Å². The van der Waals surface area contributed by atoms with Gasteiger partial charge in [-0.2, -0.15) is 0 Å². The number of hydrogen-bond donors (Lipinski definition) is 2. The van der Waals surface area contributed by atoms with E-state index in [0.717, 1.165) is 61.7 Å². The number of carbonyl (C=O) groups excluding carboxylic acids is 1. The molecule has 0 radical (unpaired) electrons. The fraction of sp³-hybridized carbons (Fsp3) is 0.386. The molecule has 9 rings (SSSR count). The van der Waals surface area contributed by atoms with E-state index in [9.17, 15) is 19.1 Å². The predicted octanol–water partition coefficient (Wildman–Crippen LogP) is 7.65. The number of allylic oxidation sites excluding steroid dienone is 1. The minimum atomic E-state index is -2.16. The van der Waals surface area contributed by atoms with Crippen LogP contribution < -0.4 is 14.4 Å². The summed E-state index contributed by atoms with van der Waals surface area (Å²) in [7, 11) is -2.16. The molecule has 0 bridgehead atoms. The normalized spacial score (nSPS) is 19.9. The van der Waals surface area contributed by atoms with Gasteiger partial charge in [0.1, 0.15) is 11.4 Å². The molecule has 2 N–H and O–H groups in total. The largest absolute Gasteiger partial charge is 0.453 e. The number of ether oxygens (including phenoxy) is 3. The fourth-order valence-electron chi connectivity index (χ4n) is 8.88. The Balaban J connectivity index is 0.919. The molecule has 2 aromatic carbocycles. The number of halogens is 1. The predicted molar refractivity (Wildman–Crippen MR) is 229 cm³/mol. The SMILES string of the molecule is O=C(NS(=O)c1ccc(C[C@H]2COCCO2)c([N+](=O)[O-])c1)c1ncc(N2CCN(CC3=C(c4ccc(Cl)cc4)CC4(CCC4)CC3)CC2)cc1Oc1cnc2[nH]ccc2c1. The topological polar surface area (TPSA) is 165 Å². The van der Waals surface area contributed by atoms with Gasteiger partial charge in [-0.1, -0.05) is 41.8 Å². The number of pyridine rings is 2. The van der Waals surface area contributed by atoms with Crippen molar-refractivity contribution in [2.45, 2.75) is 55.9 Å². The Morgan fingerprint density at radius 3 is 2.62 bits per heavy atom. The first-order valence-corrected chi connectivity index (χ1v) is 22.0. The molecule has 16 heteroatoms. The quantitative estimate of drug-likeness (QED) is 0.0936. The van der Waals surface area contributed by atoms with Crippen LogP contribution in [0.25, 0.3) is 16.6 Å². The molecule has 5 aromatic rings. The first-order valence-electron chi connectivity index (χ1n) is 20.4. The summed E-state index contributed by atoms with van der Waals surface area (Å²) < 4.78 is 33.5. The second-order valence-electron chi connectivity index (χ2n) is 16.1. The van der Waals surface area contributed by atoms with Crippen molar-refractivity contribution in [1.29, 1.82) is 0 Å². The highest BCUT2D eigenvalue weighted by molar-refractivity contribution is 7.83. The Morgan fingerprint density at radius 1 is 1.03 bits per heavy atom. The van der Waals surface area contributed by atoms with E-state index in [0.29, 0.717) is 42.2 Å². The van der Waals surface area contributed by atoms with E-state index in [-0.39, 0.29) is 34.6 Å². The molecule has 2 aliphatic carbocycles. The van der Waals surface area contributed by atoms with E-state index in [2.05, 4.69) is 41.6 Å². The summed E-state index contributed by atoms with van der Waals surface area (Å²) in [5, 5.41) is 13.6. The second kappa shape index (κ2) is 17.4. The summed E-state index contributed by atoms with van der Waals surface area (Å²) >= 11 is 6.27. The Bertz CT molecular complexity index is 2460. The molecule has 3 aromatic heterocycles. The summed E-state index contributed by atoms with van der Waals surface area (Å²) in [6.45, 7) is 5.33. The zero-order valence-electron chi connectivity index (χ0n) is 33.1. The van der Waals surface area contributed by atoms with E-state index in [1.165, 1.54) is 60.6 Å². The van der Waals surface area contributed by atoms with Crippen LogP contribution in [0, 0.1) is 15.5 Å². The maximum atomic E-state index is 13.8. The van der Waals surface area contributed by atoms with Gasteiger partial charge in [0.25, 0.3) is 11.6 Å². The number of nitro benzene ring substituents is 1. The highest BCUT2D eigenvalue weighted by Gasteiger charge is 2.41. The van der Waals surface area contributed by atoms with Crippen molar-refractivity contribution in [2.75, 3.05) is 57.4 Å². The zero-order valence-corrected chi connectivity index (χ0v) is 34.6. The summed E-state index contributed by atoms with van der Waals surface area (Å²) in [6.07, 6.45) is 12.4. The monoisotopic (exact) mass is 851 g/mol. The number of amides is 1. The second-order valence-corrected chi connectivity index (χ2v) is 17.8. The molecule has 2 saturated heterocycles. The van der Waals surface area contributed by atoms with E-state index in [1.807, 2.05) is 18.2 Å². The lowest BCUT2D eigenvalue weighted by Crippen LogP contribution is -2.47. The lowest BCUT2D eigenvalue weighted by atomic mass is 9.59. The number of fused-ring (bicyclic) bond motifs is 1.